The number of aliphatic hydroxyl groups is 10. The van der Waals surface area contributed by atoms with Crippen molar-refractivity contribution in [3.8, 4) is 0 Å². The van der Waals surface area contributed by atoms with Gasteiger partial charge in [-0.25, -0.2) is 0 Å². The Kier molecular flexibility index (Phi) is 48.3. The van der Waals surface area contributed by atoms with E-state index in [4.69, 9.17) is 24.2 Å². The average Bonchev–Trinajstić information content (AvgIpc) is 0.746. The van der Waals surface area contributed by atoms with Crippen molar-refractivity contribution in [2.45, 2.75) is 413 Å². The molecule has 0 spiro atoms. The van der Waals surface area contributed by atoms with Crippen LogP contribution in [0.2, 0.25) is 0 Å². The fourth-order valence-corrected chi connectivity index (χ4v) is 33.5. The van der Waals surface area contributed by atoms with Gasteiger partial charge in [-0.05, 0) is 272 Å². The molecule has 0 radical (unpaired) electrons. The molecule has 0 saturated carbocycles. The van der Waals surface area contributed by atoms with Gasteiger partial charge in [0.05, 0.1) is 91.6 Å². The lowest BCUT2D eigenvalue weighted by Gasteiger charge is -2.53. The fraction of sp³-hybridized carbons (Fsp3) is 1.00. The normalized spacial score (nSPS) is 22.2. The molecule has 0 amide bonds. The molecular formula is C74H168N8O45P10. The van der Waals surface area contributed by atoms with E-state index in [0.29, 0.717) is 64.2 Å². The maximum atomic E-state index is 12.3. The number of aliphatic hydroxyl groups excluding tert-OH is 5. The highest BCUT2D eigenvalue weighted by Crippen LogP contribution is 2.71. The second-order valence-corrected chi connectivity index (χ2v) is 64.2. The van der Waals surface area contributed by atoms with Crippen LogP contribution in [0.15, 0.2) is 0 Å². The maximum absolute atomic E-state index is 12.3. The van der Waals surface area contributed by atoms with Crippen molar-refractivity contribution in [1.82, 2.24) is 40.0 Å². The first-order chi connectivity index (χ1) is 59.4. The Balaban J connectivity index is 0.00000178. The van der Waals surface area contributed by atoms with E-state index in [1.807, 2.05) is 25.3 Å². The molecule has 0 aliphatic carbocycles. The predicted octanol–water partition coefficient (Wildman–Crippen LogP) is 3.60. The first-order valence-corrected chi connectivity index (χ1v) is 60.2. The summed E-state index contributed by atoms with van der Waals surface area (Å²) in [6, 6.07) is 0. The monoisotopic (exact) mass is 2200 g/mol. The third kappa shape index (κ3) is 46.5. The van der Waals surface area contributed by atoms with Crippen LogP contribution in [0.25, 0.3) is 0 Å². The van der Waals surface area contributed by atoms with Crippen LogP contribution < -0.4 is 0 Å². The summed E-state index contributed by atoms with van der Waals surface area (Å²) in [5, 5.41) is 108. The molecule has 5 fully saturated rings. The summed E-state index contributed by atoms with van der Waals surface area (Å²) in [6.07, 6.45) is 5.38. The quantitative estimate of drug-likeness (QED) is 0.0398. The highest BCUT2D eigenvalue weighted by Gasteiger charge is 2.63. The molecule has 30 N–H and O–H groups in total. The van der Waals surface area contributed by atoms with Crippen LogP contribution in [-0.4, -0.2) is 390 Å². The molecule has 5 heterocycles. The molecule has 53 nitrogen and oxygen atoms in total. The van der Waals surface area contributed by atoms with Crippen LogP contribution in [0, 0.1) is 0 Å². The number of hydroxylamine groups is 10. The summed E-state index contributed by atoms with van der Waals surface area (Å²) in [4.78, 5) is 219. The Morgan fingerprint density at radius 2 is 0.328 bits per heavy atom. The van der Waals surface area contributed by atoms with Gasteiger partial charge < -0.3 is 149 Å². The lowest BCUT2D eigenvalue weighted by Crippen LogP contribution is -2.62. The molecule has 137 heavy (non-hydrogen) atoms. The smallest absolute Gasteiger partial charge is 0.355 e. The molecule has 5 aliphatic rings. The van der Waals surface area contributed by atoms with Gasteiger partial charge in [0, 0.05) is 81.6 Å². The minimum absolute atomic E-state index is 0.230. The Morgan fingerprint density at radius 1 is 0.226 bits per heavy atom. The van der Waals surface area contributed by atoms with Crippen molar-refractivity contribution < 1.29 is 219 Å². The molecule has 63 heteroatoms. The van der Waals surface area contributed by atoms with Crippen molar-refractivity contribution in [1.29, 1.82) is 0 Å². The molecule has 824 valence electrons. The van der Waals surface area contributed by atoms with Gasteiger partial charge >= 0.3 is 76.0 Å². The standard InChI is InChI=1S/5C13H27NO3.C9H33N3O30P10/c5*1-11(2)7-10(15)8-12(3,4)14(11)17-9-13(5,6)16;13-43(14,15)5(44(16,17)18)10(1-3-11(6(45(19,20)21)46(22,23)24)7(47(25,26)27)48(28,29)30)2-4-12(8(49(31,32)33)50(34,35)36)9(51(37,38)39)52(40,41)42/h5*10,15-16H,7-9H2,1-6H3;5-9H,1-4H2,(H2,13,14,15)(H2,16,17,18)(H2,19,20,21)(H2,22,23,24)(H2,25,26,27)(H2,28,29,30)(H2,31,32,33)(H2,34,35,36)(H2,37,38,39)(H2,40,41,42). The Morgan fingerprint density at radius 3 is 0.416 bits per heavy atom. The second kappa shape index (κ2) is 48.1. The van der Waals surface area contributed by atoms with Crippen molar-refractivity contribution in [2.24, 2.45) is 0 Å². The summed E-state index contributed by atoms with van der Waals surface area (Å²) in [5.41, 5.74) is -26.5. The zero-order valence-corrected chi connectivity index (χ0v) is 93.2. The highest BCUT2D eigenvalue weighted by molar-refractivity contribution is 7.73. The van der Waals surface area contributed by atoms with Crippen molar-refractivity contribution in [3.05, 3.63) is 0 Å². The van der Waals surface area contributed by atoms with Crippen molar-refractivity contribution >= 4 is 76.0 Å². The predicted molar refractivity (Wildman–Crippen MR) is 502 cm³/mol. The maximum Gasteiger partial charge on any atom is 0.355 e. The Bertz CT molecular complexity index is 3600. The van der Waals surface area contributed by atoms with Crippen LogP contribution >= 0.6 is 76.0 Å². The van der Waals surface area contributed by atoms with Crippen molar-refractivity contribution in [2.75, 3.05) is 59.2 Å². The second-order valence-electron chi connectivity index (χ2n) is 45.5. The van der Waals surface area contributed by atoms with Gasteiger partial charge in [-0.15, -0.1) is 0 Å². The fourth-order valence-electron chi connectivity index (χ4n) is 18.4. The minimum Gasteiger partial charge on any atom is -0.393 e. The van der Waals surface area contributed by atoms with Crippen LogP contribution in [0.5, 0.6) is 0 Å². The number of nitrogens with zero attached hydrogens (tertiary/aromatic N) is 8. The summed E-state index contributed by atoms with van der Waals surface area (Å²) >= 11 is 0. The lowest BCUT2D eigenvalue weighted by atomic mass is 9.80. The average molecular weight is 2200 g/mol. The van der Waals surface area contributed by atoms with Crippen molar-refractivity contribution in [3.63, 3.8) is 0 Å². The van der Waals surface area contributed by atoms with Gasteiger partial charge in [0.15, 0.2) is 0 Å². The van der Waals surface area contributed by atoms with Gasteiger partial charge in [-0.3, -0.25) is 84.5 Å². The summed E-state index contributed by atoms with van der Waals surface area (Å²) in [7, 11) is -66.1. The Hall–Kier alpha value is 0.580. The SMILES string of the molecule is CC(C)(O)CON1C(C)(C)CC(O)CC1(C)C.CC(C)(O)CON1C(C)(C)CC(O)CC1(C)C.CC(C)(O)CON1C(C)(C)CC(O)CC1(C)C.CC(C)(O)CON1C(C)(C)CC(O)CC1(C)C.CC(C)(O)CON1C(C)(C)CC(O)CC1(C)C.O=P(O)(O)C(N(CCN(C(P(=O)(O)O)P(=O)(O)O)C(P(=O)(O)O)P(=O)(O)O)CCN(C(P(=O)(O)O)P(=O)(O)O)C(P(=O)(O)O)P(=O)(O)O)P(=O)(O)O. The molecule has 5 aliphatic heterocycles. The lowest BCUT2D eigenvalue weighted by molar-refractivity contribution is -0.306. The first kappa shape index (κ1) is 138. The van der Waals surface area contributed by atoms with Crippen LogP contribution in [-0.2, 0) is 69.8 Å². The zero-order valence-electron chi connectivity index (χ0n) is 84.3. The Labute approximate surface area is 803 Å². The third-order valence-corrected chi connectivity index (χ3v) is 39.5. The molecule has 0 aromatic rings. The molecule has 5 saturated heterocycles. The van der Waals surface area contributed by atoms with E-state index in [2.05, 4.69) is 138 Å². The molecule has 0 atom stereocenters. The molecule has 0 aromatic carbocycles. The van der Waals surface area contributed by atoms with Gasteiger partial charge in [0.1, 0.15) is 0 Å². The van der Waals surface area contributed by atoms with Gasteiger partial charge in [-0.2, -0.15) is 25.3 Å². The van der Waals surface area contributed by atoms with E-state index in [9.17, 15) is 195 Å². The largest absolute Gasteiger partial charge is 0.393 e. The van der Waals surface area contributed by atoms with E-state index in [0.717, 1.165) is 0 Å². The van der Waals surface area contributed by atoms with Gasteiger partial charge in [0.2, 0.25) is 27.6 Å². The molecule has 0 bridgehead atoms. The topological polar surface area (TPSA) is 850 Å². The minimum atomic E-state index is -6.63. The van der Waals surface area contributed by atoms with Crippen LogP contribution in [0.4, 0.5) is 0 Å². The molecule has 5 rings (SSSR count). The number of rotatable bonds is 36. The molecule has 0 unspecified atom stereocenters. The molecular weight excluding hydrogens is 2030 g/mol. The highest BCUT2D eigenvalue weighted by atomic mass is 31.3. The molecule has 0 aromatic heterocycles. The van der Waals surface area contributed by atoms with E-state index in [-0.39, 0.29) is 119 Å². The number of hydrogen-bond acceptors (Lipinski definition) is 33. The van der Waals surface area contributed by atoms with E-state index in [1.54, 1.807) is 69.2 Å². The summed E-state index contributed by atoms with van der Waals surface area (Å²) in [5.74, 6) is 0. The third-order valence-electron chi connectivity index (χ3n) is 21.4. The van der Waals surface area contributed by atoms with E-state index >= 15 is 0 Å². The summed E-state index contributed by atoms with van der Waals surface area (Å²) < 4.78 is 121. The number of hydrogen-bond donors (Lipinski definition) is 30. The summed E-state index contributed by atoms with van der Waals surface area (Å²) in [6.45, 7) is 51.2. The van der Waals surface area contributed by atoms with Gasteiger partial charge in [-0.1, -0.05) is 0 Å². The van der Waals surface area contributed by atoms with E-state index in [1.165, 1.54) is 0 Å². The first-order valence-electron chi connectivity index (χ1n) is 43.4. The van der Waals surface area contributed by atoms with E-state index < -0.39 is 172 Å². The van der Waals surface area contributed by atoms with Crippen LogP contribution in [0.3, 0.4) is 0 Å². The van der Waals surface area contributed by atoms with Gasteiger partial charge in [0.25, 0.3) is 0 Å². The number of piperidine rings is 5. The zero-order chi connectivity index (χ0) is 110. The van der Waals surface area contributed by atoms with Crippen LogP contribution in [0.1, 0.15) is 272 Å².